The van der Waals surface area contributed by atoms with Gasteiger partial charge >= 0.3 is 0 Å². The lowest BCUT2D eigenvalue weighted by atomic mass is 10.2. The minimum Gasteiger partial charge on any atom is -0.354 e. The molecule has 0 saturated carbocycles. The number of aromatic nitrogens is 1. The number of hydrogen-bond donors (Lipinski definition) is 1. The third kappa shape index (κ3) is 3.18. The Hall–Kier alpha value is -0.760. The van der Waals surface area contributed by atoms with Crippen LogP contribution in [-0.2, 0) is 6.54 Å². The Kier molecular flexibility index (Phi) is 4.74. The fourth-order valence-corrected chi connectivity index (χ4v) is 1.53. The second-order valence-electron chi connectivity index (χ2n) is 3.80. The van der Waals surface area contributed by atoms with Crippen molar-refractivity contribution in [2.75, 3.05) is 6.54 Å². The van der Waals surface area contributed by atoms with Gasteiger partial charge in [-0.25, -0.2) is 0 Å². The predicted octanol–water partition coefficient (Wildman–Crippen LogP) is 2.96. The van der Waals surface area contributed by atoms with Gasteiger partial charge in [0.2, 0.25) is 0 Å². The first kappa shape index (κ1) is 11.3. The quantitative estimate of drug-likeness (QED) is 0.689. The van der Waals surface area contributed by atoms with Crippen LogP contribution in [0.5, 0.6) is 0 Å². The van der Waals surface area contributed by atoms with Crippen molar-refractivity contribution in [3.8, 4) is 0 Å². The molecule has 80 valence electrons. The predicted molar refractivity (Wildman–Crippen MR) is 61.4 cm³/mol. The summed E-state index contributed by atoms with van der Waals surface area (Å²) in [4.78, 5) is 0. The first-order chi connectivity index (χ1) is 6.77. The van der Waals surface area contributed by atoms with Crippen molar-refractivity contribution in [3.63, 3.8) is 0 Å². The van der Waals surface area contributed by atoms with Crippen molar-refractivity contribution in [3.05, 3.63) is 24.0 Å². The van der Waals surface area contributed by atoms with Crippen LogP contribution in [0, 0.1) is 0 Å². The smallest absolute Gasteiger partial charge is 0.0306 e. The molecular weight excluding hydrogens is 172 g/mol. The molecule has 0 saturated heterocycles. The Morgan fingerprint density at radius 2 is 2.21 bits per heavy atom. The molecule has 0 spiro atoms. The van der Waals surface area contributed by atoms with E-state index in [-0.39, 0.29) is 0 Å². The van der Waals surface area contributed by atoms with Gasteiger partial charge in [0.15, 0.2) is 0 Å². The maximum atomic E-state index is 3.52. The molecule has 0 aliphatic heterocycles. The largest absolute Gasteiger partial charge is 0.354 e. The first-order valence-corrected chi connectivity index (χ1v) is 5.67. The van der Waals surface area contributed by atoms with Gasteiger partial charge in [-0.3, -0.25) is 0 Å². The van der Waals surface area contributed by atoms with Crippen LogP contribution in [0.2, 0.25) is 0 Å². The zero-order valence-corrected chi connectivity index (χ0v) is 9.59. The number of rotatable bonds is 6. The molecule has 1 rings (SSSR count). The van der Waals surface area contributed by atoms with Crippen LogP contribution in [0.25, 0.3) is 0 Å². The zero-order valence-electron chi connectivity index (χ0n) is 9.59. The normalized spacial score (nSPS) is 13.1. The zero-order chi connectivity index (χ0) is 10.4. The van der Waals surface area contributed by atoms with Crippen molar-refractivity contribution in [2.24, 2.45) is 0 Å². The summed E-state index contributed by atoms with van der Waals surface area (Å²) in [6.45, 7) is 8.79. The summed E-state index contributed by atoms with van der Waals surface area (Å²) in [5, 5.41) is 3.52. The standard InChI is InChI=1S/C12H22N2/c1-4-6-8-13-11(3)12-7-9-14(5-2)10-12/h7,9-11,13H,4-6,8H2,1-3H3/t11-/m1/s1. The van der Waals surface area contributed by atoms with Gasteiger partial charge in [-0.1, -0.05) is 13.3 Å². The average molecular weight is 194 g/mol. The van der Waals surface area contributed by atoms with Crippen molar-refractivity contribution in [2.45, 2.75) is 46.2 Å². The molecule has 1 heterocycles. The van der Waals surface area contributed by atoms with Crippen molar-refractivity contribution >= 4 is 0 Å². The van der Waals surface area contributed by atoms with E-state index in [9.17, 15) is 0 Å². The van der Waals surface area contributed by atoms with E-state index in [4.69, 9.17) is 0 Å². The summed E-state index contributed by atoms with van der Waals surface area (Å²) in [5.41, 5.74) is 1.39. The second kappa shape index (κ2) is 5.86. The fraction of sp³-hybridized carbons (Fsp3) is 0.667. The molecule has 0 amide bonds. The molecule has 14 heavy (non-hydrogen) atoms. The van der Waals surface area contributed by atoms with E-state index in [0.717, 1.165) is 13.1 Å². The van der Waals surface area contributed by atoms with E-state index in [1.165, 1.54) is 18.4 Å². The molecule has 0 fully saturated rings. The van der Waals surface area contributed by atoms with Gasteiger partial charge in [0.25, 0.3) is 0 Å². The Morgan fingerprint density at radius 3 is 2.79 bits per heavy atom. The third-order valence-electron chi connectivity index (χ3n) is 2.62. The summed E-state index contributed by atoms with van der Waals surface area (Å²) < 4.78 is 2.22. The van der Waals surface area contributed by atoms with Crippen molar-refractivity contribution in [1.29, 1.82) is 0 Å². The minimum absolute atomic E-state index is 0.481. The Morgan fingerprint density at radius 1 is 1.43 bits per heavy atom. The molecule has 1 N–H and O–H groups in total. The highest BCUT2D eigenvalue weighted by atomic mass is 14.9. The van der Waals surface area contributed by atoms with Gasteiger partial charge in [-0.2, -0.15) is 0 Å². The maximum Gasteiger partial charge on any atom is 0.0306 e. The average Bonchev–Trinajstić information content (AvgIpc) is 2.66. The second-order valence-corrected chi connectivity index (χ2v) is 3.80. The van der Waals surface area contributed by atoms with Gasteiger partial charge in [0.05, 0.1) is 0 Å². The molecule has 0 aliphatic rings. The van der Waals surface area contributed by atoms with Crippen LogP contribution >= 0.6 is 0 Å². The lowest BCUT2D eigenvalue weighted by Gasteiger charge is -2.11. The molecule has 1 atom stereocenters. The van der Waals surface area contributed by atoms with Gasteiger partial charge in [-0.05, 0) is 38.4 Å². The number of hydrogen-bond acceptors (Lipinski definition) is 1. The molecule has 0 bridgehead atoms. The molecule has 0 unspecified atom stereocenters. The number of aryl methyl sites for hydroxylation is 1. The highest BCUT2D eigenvalue weighted by molar-refractivity contribution is 5.14. The SMILES string of the molecule is CCCCN[C@H](C)c1ccn(CC)c1. The van der Waals surface area contributed by atoms with Crippen molar-refractivity contribution < 1.29 is 0 Å². The number of unbranched alkanes of at least 4 members (excludes halogenated alkanes) is 1. The van der Waals surface area contributed by atoms with E-state index in [1.807, 2.05) is 0 Å². The first-order valence-electron chi connectivity index (χ1n) is 5.67. The summed E-state index contributed by atoms with van der Waals surface area (Å²) in [6, 6.07) is 2.68. The topological polar surface area (TPSA) is 17.0 Å². The third-order valence-corrected chi connectivity index (χ3v) is 2.62. The summed E-state index contributed by atoms with van der Waals surface area (Å²) >= 11 is 0. The van der Waals surface area contributed by atoms with Crippen LogP contribution in [-0.4, -0.2) is 11.1 Å². The Balaban J connectivity index is 2.39. The summed E-state index contributed by atoms with van der Waals surface area (Å²) in [7, 11) is 0. The summed E-state index contributed by atoms with van der Waals surface area (Å²) in [5.74, 6) is 0. The lowest BCUT2D eigenvalue weighted by Crippen LogP contribution is -2.19. The number of nitrogens with zero attached hydrogens (tertiary/aromatic N) is 1. The molecule has 0 aliphatic carbocycles. The van der Waals surface area contributed by atoms with Gasteiger partial charge in [0.1, 0.15) is 0 Å². The van der Waals surface area contributed by atoms with Gasteiger partial charge in [-0.15, -0.1) is 0 Å². The fourth-order valence-electron chi connectivity index (χ4n) is 1.53. The minimum atomic E-state index is 0.481. The van der Waals surface area contributed by atoms with E-state index >= 15 is 0 Å². The molecule has 2 nitrogen and oxygen atoms in total. The van der Waals surface area contributed by atoms with Gasteiger partial charge in [0, 0.05) is 25.0 Å². The number of nitrogens with one attached hydrogen (secondary N) is 1. The summed E-state index contributed by atoms with van der Waals surface area (Å²) in [6.07, 6.45) is 6.89. The monoisotopic (exact) mass is 194 g/mol. The maximum absolute atomic E-state index is 3.52. The van der Waals surface area contributed by atoms with E-state index in [0.29, 0.717) is 6.04 Å². The van der Waals surface area contributed by atoms with E-state index < -0.39 is 0 Å². The van der Waals surface area contributed by atoms with Crippen LogP contribution in [0.3, 0.4) is 0 Å². The molecule has 1 aromatic heterocycles. The lowest BCUT2D eigenvalue weighted by molar-refractivity contribution is 0.553. The van der Waals surface area contributed by atoms with E-state index in [2.05, 4.69) is 49.1 Å². The Bertz CT molecular complexity index is 253. The van der Waals surface area contributed by atoms with E-state index in [1.54, 1.807) is 0 Å². The molecule has 0 radical (unpaired) electrons. The highest BCUT2D eigenvalue weighted by Crippen LogP contribution is 2.12. The molecular formula is C12H22N2. The van der Waals surface area contributed by atoms with Crippen LogP contribution < -0.4 is 5.32 Å². The van der Waals surface area contributed by atoms with Gasteiger partial charge < -0.3 is 9.88 Å². The van der Waals surface area contributed by atoms with Crippen LogP contribution in [0.1, 0.15) is 45.2 Å². The molecule has 1 aromatic rings. The van der Waals surface area contributed by atoms with Crippen molar-refractivity contribution in [1.82, 2.24) is 9.88 Å². The van der Waals surface area contributed by atoms with Crippen LogP contribution in [0.15, 0.2) is 18.5 Å². The highest BCUT2D eigenvalue weighted by Gasteiger charge is 2.04. The molecule has 2 heteroatoms. The van der Waals surface area contributed by atoms with Crippen LogP contribution in [0.4, 0.5) is 0 Å². The molecule has 0 aromatic carbocycles. The Labute approximate surface area is 87.3 Å².